The summed E-state index contributed by atoms with van der Waals surface area (Å²) in [5.74, 6) is 0.466. The molecule has 0 unspecified atom stereocenters. The van der Waals surface area contributed by atoms with Gasteiger partial charge in [0.2, 0.25) is 0 Å². The number of benzene rings is 1. The Hall–Kier alpha value is -1.58. The van der Waals surface area contributed by atoms with E-state index in [1.165, 1.54) is 12.1 Å². The second-order valence-corrected chi connectivity index (χ2v) is 4.85. The third kappa shape index (κ3) is 2.81. The van der Waals surface area contributed by atoms with Gasteiger partial charge in [-0.15, -0.1) is 0 Å². The maximum atomic E-state index is 13.2. The van der Waals surface area contributed by atoms with Crippen molar-refractivity contribution >= 4 is 5.97 Å². The molecule has 0 radical (unpaired) electrons. The van der Waals surface area contributed by atoms with Crippen LogP contribution in [0.2, 0.25) is 0 Å². The number of ether oxygens (including phenoxy) is 1. The summed E-state index contributed by atoms with van der Waals surface area (Å²) in [6.45, 7) is 0. The second-order valence-electron chi connectivity index (χ2n) is 4.85. The lowest BCUT2D eigenvalue weighted by Gasteiger charge is -2.36. The molecule has 0 heterocycles. The number of carboxylic acids is 1. The van der Waals surface area contributed by atoms with E-state index in [2.05, 4.69) is 0 Å². The summed E-state index contributed by atoms with van der Waals surface area (Å²) < 4.78 is 18.5. The van der Waals surface area contributed by atoms with E-state index in [1.807, 2.05) is 0 Å². The molecule has 0 saturated heterocycles. The molecule has 4 heteroatoms. The summed E-state index contributed by atoms with van der Waals surface area (Å²) in [6, 6.07) is 4.56. The second kappa shape index (κ2) is 5.38. The summed E-state index contributed by atoms with van der Waals surface area (Å²) >= 11 is 0. The van der Waals surface area contributed by atoms with Gasteiger partial charge in [0.25, 0.3) is 0 Å². The molecule has 0 aliphatic heterocycles. The number of hydrogen-bond donors (Lipinski definition) is 1. The largest absolute Gasteiger partial charge is 0.496 e. The lowest BCUT2D eigenvalue weighted by Crippen LogP contribution is -2.23. The summed E-state index contributed by atoms with van der Waals surface area (Å²) in [7, 11) is 1.58. The third-order valence-corrected chi connectivity index (χ3v) is 3.63. The van der Waals surface area contributed by atoms with Crippen molar-refractivity contribution in [1.82, 2.24) is 0 Å². The van der Waals surface area contributed by atoms with Gasteiger partial charge < -0.3 is 9.84 Å². The SMILES string of the molecule is COc1ccc(F)cc1C1CC(CCC(=O)O)C1. The normalized spacial score (nSPS) is 22.3. The van der Waals surface area contributed by atoms with Crippen molar-refractivity contribution < 1.29 is 19.0 Å². The first-order valence-electron chi connectivity index (χ1n) is 6.15. The number of carbonyl (C=O) groups is 1. The molecule has 18 heavy (non-hydrogen) atoms. The van der Waals surface area contributed by atoms with E-state index in [9.17, 15) is 9.18 Å². The number of halogens is 1. The van der Waals surface area contributed by atoms with Crippen LogP contribution in [0.5, 0.6) is 5.75 Å². The number of carboxylic acid groups (broad SMARTS) is 1. The quantitative estimate of drug-likeness (QED) is 0.875. The molecule has 0 spiro atoms. The zero-order chi connectivity index (χ0) is 13.1. The molecule has 1 N–H and O–H groups in total. The Balaban J connectivity index is 1.95. The Kier molecular flexibility index (Phi) is 3.84. The van der Waals surface area contributed by atoms with Gasteiger partial charge in [-0.25, -0.2) is 4.39 Å². The van der Waals surface area contributed by atoms with Crippen LogP contribution in [0.25, 0.3) is 0 Å². The Morgan fingerprint density at radius 2 is 2.22 bits per heavy atom. The van der Waals surface area contributed by atoms with Gasteiger partial charge in [-0.2, -0.15) is 0 Å². The molecule has 1 saturated carbocycles. The van der Waals surface area contributed by atoms with E-state index in [4.69, 9.17) is 9.84 Å². The van der Waals surface area contributed by atoms with Gasteiger partial charge in [0.05, 0.1) is 7.11 Å². The van der Waals surface area contributed by atoms with Crippen molar-refractivity contribution in [2.45, 2.75) is 31.6 Å². The Bertz CT molecular complexity index is 439. The zero-order valence-corrected chi connectivity index (χ0v) is 10.4. The number of aliphatic carboxylic acids is 1. The highest BCUT2D eigenvalue weighted by molar-refractivity contribution is 5.66. The summed E-state index contributed by atoms with van der Waals surface area (Å²) in [4.78, 5) is 10.5. The summed E-state index contributed by atoms with van der Waals surface area (Å²) in [6.07, 6.45) is 2.78. The molecule has 0 aromatic heterocycles. The average Bonchev–Trinajstić information content (AvgIpc) is 2.26. The minimum absolute atomic E-state index is 0.220. The van der Waals surface area contributed by atoms with Crippen molar-refractivity contribution in [2.24, 2.45) is 5.92 Å². The molecule has 2 rings (SSSR count). The van der Waals surface area contributed by atoms with Gasteiger partial charge in [-0.1, -0.05) is 0 Å². The van der Waals surface area contributed by atoms with Crippen LogP contribution in [0.4, 0.5) is 4.39 Å². The molecule has 1 aliphatic carbocycles. The van der Waals surface area contributed by atoms with Crippen molar-refractivity contribution in [1.29, 1.82) is 0 Å². The van der Waals surface area contributed by atoms with Crippen LogP contribution in [0.1, 0.15) is 37.2 Å². The molecule has 1 aromatic rings. The molecule has 1 aliphatic rings. The molecule has 3 nitrogen and oxygen atoms in total. The van der Waals surface area contributed by atoms with E-state index in [1.54, 1.807) is 13.2 Å². The van der Waals surface area contributed by atoms with Gasteiger partial charge in [0.1, 0.15) is 11.6 Å². The predicted octanol–water partition coefficient (Wildman–Crippen LogP) is 3.19. The highest BCUT2D eigenvalue weighted by Gasteiger charge is 2.32. The van der Waals surface area contributed by atoms with Gasteiger partial charge in [-0.3, -0.25) is 4.79 Å². The van der Waals surface area contributed by atoms with Crippen LogP contribution in [0, 0.1) is 11.7 Å². The average molecular weight is 252 g/mol. The van der Waals surface area contributed by atoms with Crippen LogP contribution in [-0.4, -0.2) is 18.2 Å². The van der Waals surface area contributed by atoms with Crippen LogP contribution in [0.15, 0.2) is 18.2 Å². The highest BCUT2D eigenvalue weighted by atomic mass is 19.1. The minimum Gasteiger partial charge on any atom is -0.496 e. The lowest BCUT2D eigenvalue weighted by molar-refractivity contribution is -0.137. The fourth-order valence-electron chi connectivity index (χ4n) is 2.58. The van der Waals surface area contributed by atoms with Gasteiger partial charge in [0, 0.05) is 12.0 Å². The smallest absolute Gasteiger partial charge is 0.303 e. The number of rotatable bonds is 5. The van der Waals surface area contributed by atoms with Crippen LogP contribution >= 0.6 is 0 Å². The molecular formula is C14H17FO3. The highest BCUT2D eigenvalue weighted by Crippen LogP contribution is 2.46. The van der Waals surface area contributed by atoms with Gasteiger partial charge in [-0.05, 0) is 49.3 Å². The molecule has 0 amide bonds. The first-order chi connectivity index (χ1) is 8.60. The van der Waals surface area contributed by atoms with Crippen LogP contribution < -0.4 is 4.74 Å². The van der Waals surface area contributed by atoms with E-state index in [0.29, 0.717) is 18.3 Å². The van der Waals surface area contributed by atoms with Crippen LogP contribution in [-0.2, 0) is 4.79 Å². The molecule has 1 aromatic carbocycles. The molecule has 0 atom stereocenters. The maximum absolute atomic E-state index is 13.2. The monoisotopic (exact) mass is 252 g/mol. The van der Waals surface area contributed by atoms with E-state index < -0.39 is 5.97 Å². The zero-order valence-electron chi connectivity index (χ0n) is 10.4. The Morgan fingerprint density at radius 1 is 1.50 bits per heavy atom. The van der Waals surface area contributed by atoms with Crippen molar-refractivity contribution in [3.63, 3.8) is 0 Å². The first kappa shape index (κ1) is 12.9. The maximum Gasteiger partial charge on any atom is 0.303 e. The van der Waals surface area contributed by atoms with Gasteiger partial charge in [0.15, 0.2) is 0 Å². The molecule has 98 valence electrons. The molecular weight excluding hydrogens is 235 g/mol. The summed E-state index contributed by atoms with van der Waals surface area (Å²) in [5.41, 5.74) is 0.907. The fraction of sp³-hybridized carbons (Fsp3) is 0.500. The van der Waals surface area contributed by atoms with Crippen LogP contribution in [0.3, 0.4) is 0 Å². The Morgan fingerprint density at radius 3 is 2.83 bits per heavy atom. The van der Waals surface area contributed by atoms with E-state index in [0.717, 1.165) is 24.2 Å². The lowest BCUT2D eigenvalue weighted by atomic mass is 9.69. The predicted molar refractivity (Wildman–Crippen MR) is 65.3 cm³/mol. The minimum atomic E-state index is -0.748. The fourth-order valence-corrected chi connectivity index (χ4v) is 2.58. The van der Waals surface area contributed by atoms with Crippen molar-refractivity contribution in [3.8, 4) is 5.75 Å². The van der Waals surface area contributed by atoms with E-state index >= 15 is 0 Å². The standard InChI is InChI=1S/C14H17FO3/c1-18-13-4-3-11(15)8-12(13)10-6-9(7-10)2-5-14(16)17/h3-4,8-10H,2,5-7H2,1H3,(H,16,17). The van der Waals surface area contributed by atoms with E-state index in [-0.39, 0.29) is 12.2 Å². The third-order valence-electron chi connectivity index (χ3n) is 3.63. The number of hydrogen-bond acceptors (Lipinski definition) is 2. The topological polar surface area (TPSA) is 46.5 Å². The number of methoxy groups -OCH3 is 1. The summed E-state index contributed by atoms with van der Waals surface area (Å²) in [5, 5.41) is 8.61. The van der Waals surface area contributed by atoms with Gasteiger partial charge >= 0.3 is 5.97 Å². The molecule has 1 fully saturated rings. The first-order valence-corrected chi connectivity index (χ1v) is 6.15. The molecule has 0 bridgehead atoms. The Labute approximate surface area is 106 Å². The van der Waals surface area contributed by atoms with Crippen molar-refractivity contribution in [2.75, 3.05) is 7.11 Å². The van der Waals surface area contributed by atoms with Crippen molar-refractivity contribution in [3.05, 3.63) is 29.6 Å².